The molecule has 0 saturated carbocycles. The topological polar surface area (TPSA) is 101 Å². The first kappa shape index (κ1) is 17.9. The van der Waals surface area contributed by atoms with Crippen molar-refractivity contribution >= 4 is 26.8 Å². The van der Waals surface area contributed by atoms with E-state index in [2.05, 4.69) is 24.7 Å². The second-order valence-electron chi connectivity index (χ2n) is 6.58. The van der Waals surface area contributed by atoms with Gasteiger partial charge in [0, 0.05) is 24.7 Å². The maximum atomic E-state index is 12.4. The minimum Gasteiger partial charge on any atom is -0.357 e. The van der Waals surface area contributed by atoms with Gasteiger partial charge in [0.05, 0.1) is 6.54 Å². The Labute approximate surface area is 157 Å². The van der Waals surface area contributed by atoms with Gasteiger partial charge in [-0.15, -0.1) is 0 Å². The number of aromatic nitrogens is 3. The van der Waals surface area contributed by atoms with Crippen LogP contribution in [0, 0.1) is 0 Å². The molecule has 4 rings (SSSR count). The van der Waals surface area contributed by atoms with Crippen LogP contribution in [0.15, 0.2) is 41.1 Å². The summed E-state index contributed by atoms with van der Waals surface area (Å²) in [6.07, 6.45) is 5.21. The van der Waals surface area contributed by atoms with Gasteiger partial charge < -0.3 is 9.42 Å². The maximum Gasteiger partial charge on any atom is 0.217 e. The standard InChI is InChI=1S/C18H21N5O3S/c24-27(25,13-15-14-6-2-3-7-16(14)26-22-15)20-12-17-19-9-8-18(21-17)23-10-4-1-5-11-23/h2-3,6-9,20H,1,4-5,10-13H2. The first-order valence-electron chi connectivity index (χ1n) is 8.98. The van der Waals surface area contributed by atoms with Crippen molar-refractivity contribution in [3.05, 3.63) is 48.0 Å². The Morgan fingerprint density at radius 3 is 2.78 bits per heavy atom. The van der Waals surface area contributed by atoms with Crippen molar-refractivity contribution in [2.45, 2.75) is 31.6 Å². The molecule has 3 heterocycles. The molecule has 1 aliphatic heterocycles. The van der Waals surface area contributed by atoms with Gasteiger partial charge in [0.15, 0.2) is 5.58 Å². The molecule has 0 spiro atoms. The highest BCUT2D eigenvalue weighted by Crippen LogP contribution is 2.20. The number of nitrogens with zero attached hydrogens (tertiary/aromatic N) is 4. The van der Waals surface area contributed by atoms with Crippen molar-refractivity contribution in [3.63, 3.8) is 0 Å². The average Bonchev–Trinajstić information content (AvgIpc) is 3.10. The molecule has 9 heteroatoms. The van der Waals surface area contributed by atoms with Gasteiger partial charge in [-0.2, -0.15) is 0 Å². The normalized spacial score (nSPS) is 15.3. The Morgan fingerprint density at radius 1 is 1.11 bits per heavy atom. The number of rotatable bonds is 6. The number of hydrogen-bond acceptors (Lipinski definition) is 7. The Bertz CT molecular complexity index is 1030. The summed E-state index contributed by atoms with van der Waals surface area (Å²) in [6.45, 7) is 1.99. The number of hydrogen-bond donors (Lipinski definition) is 1. The summed E-state index contributed by atoms with van der Waals surface area (Å²) < 4.78 is 32.6. The van der Waals surface area contributed by atoms with Crippen LogP contribution in [-0.4, -0.2) is 36.6 Å². The van der Waals surface area contributed by atoms with Crippen LogP contribution in [0.5, 0.6) is 0 Å². The Hall–Kier alpha value is -2.52. The highest BCUT2D eigenvalue weighted by Gasteiger charge is 2.18. The van der Waals surface area contributed by atoms with Crippen molar-refractivity contribution in [1.29, 1.82) is 0 Å². The molecule has 1 aliphatic rings. The van der Waals surface area contributed by atoms with Gasteiger partial charge in [0.1, 0.15) is 23.1 Å². The van der Waals surface area contributed by atoms with Gasteiger partial charge in [-0.05, 0) is 37.5 Å². The van der Waals surface area contributed by atoms with Crippen molar-refractivity contribution in [3.8, 4) is 0 Å². The lowest BCUT2D eigenvalue weighted by Crippen LogP contribution is -2.31. The van der Waals surface area contributed by atoms with Crippen LogP contribution >= 0.6 is 0 Å². The Kier molecular flexibility index (Phi) is 5.04. The zero-order chi connectivity index (χ0) is 18.7. The SMILES string of the molecule is O=S(=O)(Cc1noc2ccccc12)NCc1nccc(N2CCCCC2)n1. The molecule has 142 valence electrons. The van der Waals surface area contributed by atoms with E-state index < -0.39 is 10.0 Å². The lowest BCUT2D eigenvalue weighted by atomic mass is 10.1. The molecule has 0 unspecified atom stereocenters. The third-order valence-electron chi connectivity index (χ3n) is 4.60. The van der Waals surface area contributed by atoms with Crippen LogP contribution in [0.4, 0.5) is 5.82 Å². The number of anilines is 1. The zero-order valence-corrected chi connectivity index (χ0v) is 15.7. The van der Waals surface area contributed by atoms with Crippen molar-refractivity contribution < 1.29 is 12.9 Å². The van der Waals surface area contributed by atoms with Crippen LogP contribution in [0.3, 0.4) is 0 Å². The summed E-state index contributed by atoms with van der Waals surface area (Å²) in [6, 6.07) is 9.05. The molecule has 0 amide bonds. The lowest BCUT2D eigenvalue weighted by molar-refractivity contribution is 0.448. The molecule has 0 atom stereocenters. The summed E-state index contributed by atoms with van der Waals surface area (Å²) >= 11 is 0. The van der Waals surface area contributed by atoms with Crippen molar-refractivity contribution in [2.24, 2.45) is 0 Å². The Morgan fingerprint density at radius 2 is 1.93 bits per heavy atom. The molecule has 2 aromatic heterocycles. The van der Waals surface area contributed by atoms with E-state index in [9.17, 15) is 8.42 Å². The third kappa shape index (κ3) is 4.25. The van der Waals surface area contributed by atoms with E-state index in [1.54, 1.807) is 18.3 Å². The largest absolute Gasteiger partial charge is 0.357 e. The first-order valence-corrected chi connectivity index (χ1v) is 10.6. The quantitative estimate of drug-likeness (QED) is 0.692. The van der Waals surface area contributed by atoms with Crippen LogP contribution in [-0.2, 0) is 22.3 Å². The third-order valence-corrected chi connectivity index (χ3v) is 5.84. The summed E-state index contributed by atoms with van der Waals surface area (Å²) in [5, 5.41) is 4.58. The summed E-state index contributed by atoms with van der Waals surface area (Å²) in [5.74, 6) is 1.04. The van der Waals surface area contributed by atoms with E-state index in [4.69, 9.17) is 4.52 Å². The molecule has 3 aromatic rings. The van der Waals surface area contributed by atoms with Crippen LogP contribution in [0.1, 0.15) is 30.8 Å². The molecular weight excluding hydrogens is 366 g/mol. The fourth-order valence-electron chi connectivity index (χ4n) is 3.22. The maximum absolute atomic E-state index is 12.4. The summed E-state index contributed by atoms with van der Waals surface area (Å²) in [4.78, 5) is 10.9. The predicted molar refractivity (Wildman–Crippen MR) is 102 cm³/mol. The molecule has 0 aliphatic carbocycles. The number of para-hydroxylation sites is 1. The second-order valence-corrected chi connectivity index (χ2v) is 8.39. The van der Waals surface area contributed by atoms with E-state index in [1.807, 2.05) is 18.2 Å². The van der Waals surface area contributed by atoms with E-state index in [-0.39, 0.29) is 12.3 Å². The Balaban J connectivity index is 1.43. The number of benzene rings is 1. The van der Waals surface area contributed by atoms with Gasteiger partial charge in [-0.1, -0.05) is 17.3 Å². The van der Waals surface area contributed by atoms with Crippen LogP contribution < -0.4 is 9.62 Å². The number of nitrogens with one attached hydrogen (secondary N) is 1. The number of piperidine rings is 1. The summed E-state index contributed by atoms with van der Waals surface area (Å²) in [7, 11) is -3.60. The van der Waals surface area contributed by atoms with Crippen LogP contribution in [0.2, 0.25) is 0 Å². The van der Waals surface area contributed by atoms with Gasteiger partial charge in [-0.3, -0.25) is 0 Å². The van der Waals surface area contributed by atoms with Gasteiger partial charge in [-0.25, -0.2) is 23.1 Å². The molecule has 0 radical (unpaired) electrons. The van der Waals surface area contributed by atoms with Crippen LogP contribution in [0.25, 0.3) is 11.0 Å². The van der Waals surface area contributed by atoms with E-state index in [0.717, 1.165) is 31.7 Å². The molecular formula is C18H21N5O3S. The number of fused-ring (bicyclic) bond motifs is 1. The fraction of sp³-hybridized carbons (Fsp3) is 0.389. The van der Waals surface area contributed by atoms with E-state index in [0.29, 0.717) is 22.5 Å². The first-order chi connectivity index (χ1) is 13.1. The molecule has 1 saturated heterocycles. The molecule has 1 aromatic carbocycles. The van der Waals surface area contributed by atoms with Crippen molar-refractivity contribution in [2.75, 3.05) is 18.0 Å². The molecule has 1 N–H and O–H groups in total. The zero-order valence-electron chi connectivity index (χ0n) is 14.8. The molecule has 27 heavy (non-hydrogen) atoms. The lowest BCUT2D eigenvalue weighted by Gasteiger charge is -2.27. The minimum atomic E-state index is -3.60. The molecule has 0 bridgehead atoms. The fourth-order valence-corrected chi connectivity index (χ4v) is 4.24. The van der Waals surface area contributed by atoms with Crippen molar-refractivity contribution in [1.82, 2.24) is 19.8 Å². The molecule has 8 nitrogen and oxygen atoms in total. The van der Waals surface area contributed by atoms with Gasteiger partial charge >= 0.3 is 0 Å². The summed E-state index contributed by atoms with van der Waals surface area (Å²) in [5.41, 5.74) is 0.960. The molecule has 1 fully saturated rings. The number of sulfonamides is 1. The predicted octanol–water partition coefficient (Wildman–Crippen LogP) is 2.23. The highest BCUT2D eigenvalue weighted by molar-refractivity contribution is 7.88. The minimum absolute atomic E-state index is 0.0415. The highest BCUT2D eigenvalue weighted by atomic mass is 32.2. The second kappa shape index (κ2) is 7.61. The van der Waals surface area contributed by atoms with E-state index >= 15 is 0 Å². The smallest absolute Gasteiger partial charge is 0.217 e. The van der Waals surface area contributed by atoms with Gasteiger partial charge in [0.25, 0.3) is 0 Å². The van der Waals surface area contributed by atoms with Gasteiger partial charge in [0.2, 0.25) is 10.0 Å². The monoisotopic (exact) mass is 387 g/mol. The van der Waals surface area contributed by atoms with E-state index in [1.165, 1.54) is 6.42 Å². The average molecular weight is 387 g/mol.